The zero-order valence-corrected chi connectivity index (χ0v) is 19.0. The van der Waals surface area contributed by atoms with E-state index in [0.29, 0.717) is 25.5 Å². The van der Waals surface area contributed by atoms with Crippen molar-refractivity contribution in [2.45, 2.75) is 44.9 Å². The summed E-state index contributed by atoms with van der Waals surface area (Å²) in [6.07, 6.45) is 4.21. The molecule has 2 amide bonds. The minimum Gasteiger partial charge on any atom is -0.390 e. The molecule has 0 spiro atoms. The van der Waals surface area contributed by atoms with Crippen molar-refractivity contribution < 1.29 is 14.7 Å². The van der Waals surface area contributed by atoms with Crippen LogP contribution in [0.25, 0.3) is 0 Å². The molecule has 9 nitrogen and oxygen atoms in total. The first-order valence-corrected chi connectivity index (χ1v) is 11.5. The smallest absolute Gasteiger partial charge is 0.270 e. The molecular formula is C24H32N6O3. The Morgan fingerprint density at radius 3 is 2.82 bits per heavy atom. The number of carbonyl (C=O) groups excluding carboxylic acids is 2. The molecule has 1 aromatic carbocycles. The molecule has 1 saturated heterocycles. The van der Waals surface area contributed by atoms with Crippen LogP contribution in [0.3, 0.4) is 0 Å². The zero-order chi connectivity index (χ0) is 23.2. The number of nitrogens with one attached hydrogen (secondary N) is 2. The van der Waals surface area contributed by atoms with Crippen LogP contribution in [0.2, 0.25) is 0 Å². The largest absolute Gasteiger partial charge is 0.390 e. The number of β-amino-alcohol motifs (C(OH)–C–C–N with tert-alkyl or cyclic N) is 1. The number of piperidine rings is 1. The van der Waals surface area contributed by atoms with Crippen LogP contribution in [0, 0.1) is 6.92 Å². The normalized spacial score (nSPS) is 17.8. The van der Waals surface area contributed by atoms with Crippen LogP contribution in [0.5, 0.6) is 0 Å². The predicted molar refractivity (Wildman–Crippen MR) is 125 cm³/mol. The van der Waals surface area contributed by atoms with E-state index in [1.165, 1.54) is 23.0 Å². The first-order valence-electron chi connectivity index (χ1n) is 11.5. The van der Waals surface area contributed by atoms with Crippen LogP contribution in [0.15, 0.2) is 30.6 Å². The molecule has 1 atom stereocenters. The van der Waals surface area contributed by atoms with Gasteiger partial charge in [0, 0.05) is 51.4 Å². The van der Waals surface area contributed by atoms with Gasteiger partial charge in [-0.2, -0.15) is 0 Å². The van der Waals surface area contributed by atoms with Crippen LogP contribution in [-0.2, 0) is 17.8 Å². The molecule has 0 radical (unpaired) electrons. The van der Waals surface area contributed by atoms with E-state index in [4.69, 9.17) is 0 Å². The van der Waals surface area contributed by atoms with E-state index in [1.807, 2.05) is 0 Å². The lowest BCUT2D eigenvalue weighted by Crippen LogP contribution is -2.42. The Morgan fingerprint density at radius 1 is 1.21 bits per heavy atom. The number of aliphatic hydroxyl groups excluding tert-OH is 1. The van der Waals surface area contributed by atoms with Gasteiger partial charge in [-0.15, -0.1) is 0 Å². The number of hydrogen-bond donors (Lipinski definition) is 3. The van der Waals surface area contributed by atoms with Gasteiger partial charge >= 0.3 is 0 Å². The van der Waals surface area contributed by atoms with Gasteiger partial charge in [0.2, 0.25) is 6.41 Å². The molecular weight excluding hydrogens is 420 g/mol. The topological polar surface area (TPSA) is 111 Å². The van der Waals surface area contributed by atoms with Gasteiger partial charge in [0.25, 0.3) is 5.91 Å². The van der Waals surface area contributed by atoms with E-state index in [-0.39, 0.29) is 24.2 Å². The molecule has 9 heteroatoms. The predicted octanol–water partition coefficient (Wildman–Crippen LogP) is 0.967. The van der Waals surface area contributed by atoms with Gasteiger partial charge in [-0.1, -0.05) is 23.8 Å². The number of aliphatic hydroxyl groups is 1. The molecule has 0 saturated carbocycles. The molecule has 1 aromatic heterocycles. The van der Waals surface area contributed by atoms with Crippen molar-refractivity contribution in [3.8, 4) is 0 Å². The van der Waals surface area contributed by atoms with E-state index in [1.54, 1.807) is 11.0 Å². The molecule has 1 unspecified atom stereocenters. The van der Waals surface area contributed by atoms with Gasteiger partial charge in [-0.25, -0.2) is 9.97 Å². The summed E-state index contributed by atoms with van der Waals surface area (Å²) in [7, 11) is 0. The second-order valence-corrected chi connectivity index (χ2v) is 8.97. The van der Waals surface area contributed by atoms with Crippen LogP contribution >= 0.6 is 0 Å². The molecule has 2 aliphatic rings. The number of aromatic nitrogens is 2. The number of benzene rings is 1. The number of amides is 2. The lowest BCUT2D eigenvalue weighted by Gasteiger charge is -2.30. The van der Waals surface area contributed by atoms with E-state index in [2.05, 4.69) is 50.6 Å². The van der Waals surface area contributed by atoms with Crippen molar-refractivity contribution in [2.75, 3.05) is 38.0 Å². The first kappa shape index (κ1) is 23.1. The number of likely N-dealkylation sites (tertiary alicyclic amines) is 1. The summed E-state index contributed by atoms with van der Waals surface area (Å²) in [5.41, 5.74) is 4.19. The van der Waals surface area contributed by atoms with Crippen LogP contribution < -0.4 is 10.6 Å². The van der Waals surface area contributed by atoms with E-state index < -0.39 is 6.10 Å². The molecule has 1 fully saturated rings. The molecule has 4 rings (SSSR count). The van der Waals surface area contributed by atoms with E-state index in [9.17, 15) is 14.7 Å². The summed E-state index contributed by atoms with van der Waals surface area (Å²) < 4.78 is 0. The molecule has 176 valence electrons. The highest BCUT2D eigenvalue weighted by Crippen LogP contribution is 2.20. The van der Waals surface area contributed by atoms with Crippen molar-refractivity contribution in [1.29, 1.82) is 0 Å². The average molecular weight is 453 g/mol. The molecule has 0 bridgehead atoms. The third-order valence-corrected chi connectivity index (χ3v) is 6.35. The molecule has 2 aliphatic heterocycles. The second-order valence-electron chi connectivity index (χ2n) is 8.97. The number of hydrogen-bond acceptors (Lipinski definition) is 7. The Kier molecular flexibility index (Phi) is 7.51. The maximum Gasteiger partial charge on any atom is 0.270 e. The highest BCUT2D eigenvalue weighted by atomic mass is 16.3. The third-order valence-electron chi connectivity index (χ3n) is 6.35. The van der Waals surface area contributed by atoms with Crippen molar-refractivity contribution in [3.05, 3.63) is 53.0 Å². The van der Waals surface area contributed by atoms with Crippen LogP contribution in [0.1, 0.15) is 40.0 Å². The molecule has 33 heavy (non-hydrogen) atoms. The van der Waals surface area contributed by atoms with Crippen LogP contribution in [0.4, 0.5) is 5.82 Å². The van der Waals surface area contributed by atoms with Gasteiger partial charge in [-0.05, 0) is 37.3 Å². The summed E-state index contributed by atoms with van der Waals surface area (Å²) in [5, 5.41) is 16.6. The Morgan fingerprint density at radius 2 is 2.03 bits per heavy atom. The fraction of sp³-hybridized carbons (Fsp3) is 0.500. The minimum atomic E-state index is -0.664. The Labute approximate surface area is 194 Å². The molecule has 3 heterocycles. The summed E-state index contributed by atoms with van der Waals surface area (Å²) in [6, 6.07) is 8.37. The Bertz CT molecular complexity index is 976. The summed E-state index contributed by atoms with van der Waals surface area (Å²) >= 11 is 0. The van der Waals surface area contributed by atoms with Gasteiger partial charge in [-0.3, -0.25) is 14.5 Å². The minimum absolute atomic E-state index is 0.160. The number of anilines is 1. The molecule has 0 aliphatic carbocycles. The third kappa shape index (κ3) is 6.27. The monoisotopic (exact) mass is 452 g/mol. The summed E-state index contributed by atoms with van der Waals surface area (Å²) in [6.45, 7) is 5.88. The zero-order valence-electron chi connectivity index (χ0n) is 19.0. The first-order chi connectivity index (χ1) is 16.0. The lowest BCUT2D eigenvalue weighted by molar-refractivity contribution is -0.118. The lowest BCUT2D eigenvalue weighted by atomic mass is 9.97. The highest BCUT2D eigenvalue weighted by Gasteiger charge is 2.21. The fourth-order valence-corrected chi connectivity index (χ4v) is 4.48. The molecule has 3 N–H and O–H groups in total. The maximum atomic E-state index is 12.6. The van der Waals surface area contributed by atoms with Gasteiger partial charge in [0.1, 0.15) is 17.8 Å². The SMILES string of the molecule is Cc1ccc2c(c1)CN(CC(O)CNC(=O)c1cc(NC3CCN(C=O)CC3)ncn1)CC2. The summed E-state index contributed by atoms with van der Waals surface area (Å²) in [5.74, 6) is 0.248. The quantitative estimate of drug-likeness (QED) is 0.512. The Balaban J connectivity index is 1.24. The van der Waals surface area contributed by atoms with Crippen molar-refractivity contribution in [1.82, 2.24) is 25.1 Å². The number of carbonyl (C=O) groups is 2. The number of fused-ring (bicyclic) bond motifs is 1. The van der Waals surface area contributed by atoms with Crippen LogP contribution in [-0.4, -0.2) is 82.1 Å². The van der Waals surface area contributed by atoms with Crippen molar-refractivity contribution in [3.63, 3.8) is 0 Å². The van der Waals surface area contributed by atoms with Gasteiger partial charge in [0.15, 0.2) is 0 Å². The highest BCUT2D eigenvalue weighted by molar-refractivity contribution is 5.92. The standard InChI is InChI=1S/C24H32N6O3/c1-17-2-3-18-4-7-30(13-19(18)10-17)14-21(32)12-25-24(33)22-11-23(27-15-26-22)28-20-5-8-29(16-31)9-6-20/h2-3,10-11,15-16,20-21,32H,4-9,12-14H2,1H3,(H,25,33)(H,26,27,28). The number of nitrogens with zero attached hydrogens (tertiary/aromatic N) is 4. The van der Waals surface area contributed by atoms with Crippen molar-refractivity contribution >= 4 is 18.1 Å². The van der Waals surface area contributed by atoms with Gasteiger partial charge < -0.3 is 20.6 Å². The summed E-state index contributed by atoms with van der Waals surface area (Å²) in [4.78, 5) is 35.7. The Hall–Kier alpha value is -3.04. The maximum absolute atomic E-state index is 12.6. The average Bonchev–Trinajstić information content (AvgIpc) is 2.83. The van der Waals surface area contributed by atoms with E-state index >= 15 is 0 Å². The number of aryl methyl sites for hydroxylation is 1. The second kappa shape index (κ2) is 10.7. The molecule has 2 aromatic rings. The van der Waals surface area contributed by atoms with Gasteiger partial charge in [0.05, 0.1) is 6.10 Å². The fourth-order valence-electron chi connectivity index (χ4n) is 4.48. The number of rotatable bonds is 8. The van der Waals surface area contributed by atoms with Crippen molar-refractivity contribution in [2.24, 2.45) is 0 Å². The van der Waals surface area contributed by atoms with E-state index in [0.717, 1.165) is 38.8 Å².